The van der Waals surface area contributed by atoms with Crippen molar-refractivity contribution in [2.24, 2.45) is 22.7 Å². The molecule has 6 unspecified atom stereocenters. The van der Waals surface area contributed by atoms with E-state index >= 15 is 0 Å². The van der Waals surface area contributed by atoms with Crippen molar-refractivity contribution in [2.75, 3.05) is 0 Å². The maximum absolute atomic E-state index is 5.25. The third-order valence-electron chi connectivity index (χ3n) is 7.20. The Bertz CT molecular complexity index is 518. The fourth-order valence-electron chi connectivity index (χ4n) is 5.57. The summed E-state index contributed by atoms with van der Waals surface area (Å²) in [6.07, 6.45) is 7.66. The molecule has 0 spiro atoms. The van der Waals surface area contributed by atoms with E-state index < -0.39 is 0 Å². The molecule has 0 aromatic carbocycles. The molecular formula is C19H30N2. The molecule has 0 aromatic rings. The van der Waals surface area contributed by atoms with Crippen LogP contribution in [0.25, 0.3) is 0 Å². The Labute approximate surface area is 129 Å². The highest BCUT2D eigenvalue weighted by atomic mass is 15.0. The monoisotopic (exact) mass is 286 g/mol. The molecule has 21 heavy (non-hydrogen) atoms. The highest BCUT2D eigenvalue weighted by Gasteiger charge is 2.50. The molecule has 0 amide bonds. The summed E-state index contributed by atoms with van der Waals surface area (Å²) in [5.74, 6) is 2.14. The van der Waals surface area contributed by atoms with Gasteiger partial charge in [-0.2, -0.15) is 0 Å². The highest BCUT2D eigenvalue weighted by molar-refractivity contribution is 5.92. The van der Waals surface area contributed by atoms with Crippen LogP contribution in [-0.2, 0) is 0 Å². The number of hydrogen-bond donors (Lipinski definition) is 1. The van der Waals surface area contributed by atoms with E-state index in [-0.39, 0.29) is 5.54 Å². The number of aliphatic imine (C=N–C) groups is 1. The molecule has 6 atom stereocenters. The quantitative estimate of drug-likeness (QED) is 0.721. The molecule has 2 heteroatoms. The third kappa shape index (κ3) is 1.98. The minimum atomic E-state index is 0.231. The third-order valence-corrected chi connectivity index (χ3v) is 7.20. The SMILES string of the molecule is CCC1CCC2=C3CC4C(=NC(C4C)C(C)C(C)(C3)N1)C2. The van der Waals surface area contributed by atoms with Crippen LogP contribution >= 0.6 is 0 Å². The molecule has 4 aliphatic rings. The van der Waals surface area contributed by atoms with Gasteiger partial charge in [0.15, 0.2) is 0 Å². The highest BCUT2D eigenvalue weighted by Crippen LogP contribution is 2.50. The maximum Gasteiger partial charge on any atom is 0.0574 e. The molecule has 0 aromatic heterocycles. The molecule has 2 nitrogen and oxygen atoms in total. The summed E-state index contributed by atoms with van der Waals surface area (Å²) < 4.78 is 0. The zero-order valence-corrected chi connectivity index (χ0v) is 14.1. The average molecular weight is 286 g/mol. The standard InChI is InChI=1S/C19H30N2/c1-5-15-7-6-13-9-17-16-8-14(13)10-19(4,21-15)12(3)18(20-17)11(16)2/h11-12,15-16,18,21H,5-10H2,1-4H3. The number of allylic oxidation sites excluding steroid dienone is 1. The minimum Gasteiger partial charge on any atom is -0.308 e. The van der Waals surface area contributed by atoms with E-state index in [9.17, 15) is 0 Å². The smallest absolute Gasteiger partial charge is 0.0574 e. The molecule has 2 aliphatic carbocycles. The molecule has 0 radical (unpaired) electrons. The van der Waals surface area contributed by atoms with E-state index in [4.69, 9.17) is 4.99 Å². The van der Waals surface area contributed by atoms with Crippen LogP contribution in [-0.4, -0.2) is 23.3 Å². The summed E-state index contributed by atoms with van der Waals surface area (Å²) in [6, 6.07) is 1.22. The summed E-state index contributed by atoms with van der Waals surface area (Å²) in [4.78, 5) is 5.25. The van der Waals surface area contributed by atoms with Gasteiger partial charge >= 0.3 is 0 Å². The van der Waals surface area contributed by atoms with Crippen molar-refractivity contribution in [3.63, 3.8) is 0 Å². The van der Waals surface area contributed by atoms with Crippen molar-refractivity contribution in [1.29, 1.82) is 0 Å². The van der Waals surface area contributed by atoms with Gasteiger partial charge in [0.2, 0.25) is 0 Å². The molecule has 0 saturated heterocycles. The Kier molecular flexibility index (Phi) is 3.12. The van der Waals surface area contributed by atoms with Crippen molar-refractivity contribution in [2.45, 2.75) is 83.8 Å². The number of nitrogens with zero attached hydrogens (tertiary/aromatic N) is 1. The number of nitrogens with one attached hydrogen (secondary N) is 1. The van der Waals surface area contributed by atoms with Gasteiger partial charge < -0.3 is 5.32 Å². The molecule has 1 fully saturated rings. The second-order valence-electron chi connectivity index (χ2n) is 8.34. The lowest BCUT2D eigenvalue weighted by atomic mass is 9.63. The Hall–Kier alpha value is -0.630. The van der Waals surface area contributed by atoms with Gasteiger partial charge in [-0.1, -0.05) is 31.9 Å². The molecule has 1 N–H and O–H groups in total. The van der Waals surface area contributed by atoms with Gasteiger partial charge in [0.05, 0.1) is 6.04 Å². The van der Waals surface area contributed by atoms with Gasteiger partial charge in [-0.05, 0) is 50.9 Å². The van der Waals surface area contributed by atoms with Crippen LogP contribution in [0.15, 0.2) is 16.1 Å². The largest absolute Gasteiger partial charge is 0.308 e. The lowest BCUT2D eigenvalue weighted by Gasteiger charge is -2.48. The normalized spacial score (nSPS) is 48.8. The van der Waals surface area contributed by atoms with Crippen LogP contribution in [0.1, 0.15) is 66.2 Å². The summed E-state index contributed by atoms with van der Waals surface area (Å²) in [6.45, 7) is 9.74. The molecule has 2 aliphatic heterocycles. The summed E-state index contributed by atoms with van der Waals surface area (Å²) in [5.41, 5.74) is 5.34. The minimum absolute atomic E-state index is 0.231. The number of rotatable bonds is 1. The van der Waals surface area contributed by atoms with E-state index in [1.54, 1.807) is 16.9 Å². The van der Waals surface area contributed by atoms with Gasteiger partial charge in [-0.15, -0.1) is 0 Å². The fourth-order valence-corrected chi connectivity index (χ4v) is 5.57. The topological polar surface area (TPSA) is 24.4 Å². The number of hydrogen-bond acceptors (Lipinski definition) is 2. The van der Waals surface area contributed by atoms with Crippen LogP contribution in [0.4, 0.5) is 0 Å². The predicted octanol–water partition coefficient (Wildman–Crippen LogP) is 4.11. The molecular weight excluding hydrogens is 256 g/mol. The van der Waals surface area contributed by atoms with E-state index in [1.807, 2.05) is 0 Å². The van der Waals surface area contributed by atoms with Crippen LogP contribution in [0, 0.1) is 17.8 Å². The van der Waals surface area contributed by atoms with Crippen molar-refractivity contribution in [1.82, 2.24) is 5.32 Å². The first-order valence-electron chi connectivity index (χ1n) is 9.06. The van der Waals surface area contributed by atoms with Gasteiger partial charge in [-0.25, -0.2) is 0 Å². The first kappa shape index (κ1) is 14.0. The van der Waals surface area contributed by atoms with Gasteiger partial charge in [-0.3, -0.25) is 4.99 Å². The predicted molar refractivity (Wildman–Crippen MR) is 88.8 cm³/mol. The Balaban J connectivity index is 1.84. The average Bonchev–Trinajstić information content (AvgIpc) is 2.78. The molecule has 1 saturated carbocycles. The Morgan fingerprint density at radius 1 is 1.29 bits per heavy atom. The molecule has 116 valence electrons. The van der Waals surface area contributed by atoms with Gasteiger partial charge in [0, 0.05) is 29.6 Å². The van der Waals surface area contributed by atoms with E-state index in [0.29, 0.717) is 18.0 Å². The second-order valence-corrected chi connectivity index (χ2v) is 8.34. The van der Waals surface area contributed by atoms with E-state index in [2.05, 4.69) is 33.0 Å². The molecule has 4 rings (SSSR count). The van der Waals surface area contributed by atoms with E-state index in [1.165, 1.54) is 38.5 Å². The van der Waals surface area contributed by atoms with Crippen LogP contribution < -0.4 is 5.32 Å². The van der Waals surface area contributed by atoms with Crippen molar-refractivity contribution in [3.8, 4) is 0 Å². The fraction of sp³-hybridized carbons (Fsp3) is 0.842. The zero-order chi connectivity index (χ0) is 14.8. The van der Waals surface area contributed by atoms with Crippen molar-refractivity contribution < 1.29 is 0 Å². The summed E-state index contributed by atoms with van der Waals surface area (Å²) in [5, 5.41) is 4.07. The van der Waals surface area contributed by atoms with Crippen LogP contribution in [0.2, 0.25) is 0 Å². The van der Waals surface area contributed by atoms with Crippen LogP contribution in [0.5, 0.6) is 0 Å². The molecule has 2 heterocycles. The second kappa shape index (κ2) is 4.68. The van der Waals surface area contributed by atoms with E-state index in [0.717, 1.165) is 11.8 Å². The van der Waals surface area contributed by atoms with Crippen LogP contribution in [0.3, 0.4) is 0 Å². The summed E-state index contributed by atoms with van der Waals surface area (Å²) >= 11 is 0. The Morgan fingerprint density at radius 2 is 2.10 bits per heavy atom. The number of fused-ring (bicyclic) bond motifs is 2. The van der Waals surface area contributed by atoms with Crippen molar-refractivity contribution in [3.05, 3.63) is 11.1 Å². The summed E-state index contributed by atoms with van der Waals surface area (Å²) in [7, 11) is 0. The maximum atomic E-state index is 5.25. The van der Waals surface area contributed by atoms with Gasteiger partial charge in [0.25, 0.3) is 0 Å². The first-order valence-corrected chi connectivity index (χ1v) is 9.06. The first-order chi connectivity index (χ1) is 10.0. The lowest BCUT2D eigenvalue weighted by Crippen LogP contribution is -2.57. The lowest BCUT2D eigenvalue weighted by molar-refractivity contribution is 0.142. The zero-order valence-electron chi connectivity index (χ0n) is 14.1. The Morgan fingerprint density at radius 3 is 2.86 bits per heavy atom. The molecule has 4 bridgehead atoms. The van der Waals surface area contributed by atoms with Gasteiger partial charge in [0.1, 0.15) is 0 Å². The van der Waals surface area contributed by atoms with Crippen molar-refractivity contribution >= 4 is 5.71 Å².